The zero-order valence-corrected chi connectivity index (χ0v) is 20.5. The fourth-order valence-corrected chi connectivity index (χ4v) is 3.61. The van der Waals surface area contributed by atoms with Gasteiger partial charge in [0.25, 0.3) is 6.43 Å². The number of aliphatic imine (C=N–C) groups is 2. The molecule has 0 fully saturated rings. The molecule has 10 heteroatoms. The van der Waals surface area contributed by atoms with Crippen molar-refractivity contribution in [2.24, 2.45) is 22.8 Å². The number of hydrogen-bond acceptors (Lipinski definition) is 7. The Labute approximate surface area is 199 Å². The highest BCUT2D eigenvalue weighted by atomic mass is 19.3. The van der Waals surface area contributed by atoms with Crippen molar-refractivity contribution in [3.63, 3.8) is 0 Å². The Morgan fingerprint density at radius 1 is 1.41 bits per heavy atom. The van der Waals surface area contributed by atoms with Gasteiger partial charge in [-0.2, -0.15) is 5.10 Å². The average molecular weight is 477 g/mol. The number of rotatable bonds is 4. The van der Waals surface area contributed by atoms with Crippen LogP contribution in [-0.2, 0) is 11.8 Å². The van der Waals surface area contributed by atoms with E-state index >= 15 is 0 Å². The Kier molecular flexibility index (Phi) is 9.73. The lowest BCUT2D eigenvalue weighted by atomic mass is 10.1. The third-order valence-corrected chi connectivity index (χ3v) is 5.20. The van der Waals surface area contributed by atoms with Gasteiger partial charge >= 0.3 is 0 Å². The number of fused-ring (bicyclic) bond motifs is 1. The van der Waals surface area contributed by atoms with Gasteiger partial charge in [-0.25, -0.2) is 13.5 Å². The molecule has 2 N–H and O–H groups in total. The lowest BCUT2D eigenvalue weighted by Gasteiger charge is -2.25. The summed E-state index contributed by atoms with van der Waals surface area (Å²) in [5, 5.41) is 4.35. The smallest absolute Gasteiger partial charge is 0.276 e. The van der Waals surface area contributed by atoms with Gasteiger partial charge in [0, 0.05) is 27.2 Å². The van der Waals surface area contributed by atoms with E-state index in [0.29, 0.717) is 41.3 Å². The van der Waals surface area contributed by atoms with Gasteiger partial charge in [-0.05, 0) is 45.7 Å². The lowest BCUT2D eigenvalue weighted by molar-refractivity contribution is -0.00668. The fraction of sp³-hybridized carbons (Fsp3) is 0.458. The van der Waals surface area contributed by atoms with E-state index in [1.165, 1.54) is 4.68 Å². The van der Waals surface area contributed by atoms with Crippen LogP contribution in [0.4, 0.5) is 8.78 Å². The van der Waals surface area contributed by atoms with Gasteiger partial charge in [-0.1, -0.05) is 18.7 Å². The van der Waals surface area contributed by atoms with Gasteiger partial charge in [0.2, 0.25) is 5.88 Å². The monoisotopic (exact) mass is 476 g/mol. The predicted octanol–water partition coefficient (Wildman–Crippen LogP) is 3.51. The Morgan fingerprint density at radius 2 is 2.12 bits per heavy atom. The molecule has 0 radical (unpaired) electrons. The summed E-state index contributed by atoms with van der Waals surface area (Å²) < 4.78 is 40.9. The molecular weight excluding hydrogens is 442 g/mol. The van der Waals surface area contributed by atoms with Crippen LogP contribution in [0.5, 0.6) is 5.88 Å². The number of likely N-dealkylation sites (N-methyl/N-ethyl adjacent to an activating group) is 1. The Morgan fingerprint density at radius 3 is 2.71 bits per heavy atom. The number of allylic oxidation sites excluding steroid dienone is 4. The highest BCUT2D eigenvalue weighted by Crippen LogP contribution is 2.32. The first-order valence-electron chi connectivity index (χ1n) is 10.9. The van der Waals surface area contributed by atoms with Gasteiger partial charge in [-0.15, -0.1) is 0 Å². The van der Waals surface area contributed by atoms with E-state index in [1.54, 1.807) is 39.0 Å². The highest BCUT2D eigenvalue weighted by molar-refractivity contribution is 6.04. The molecule has 1 aliphatic heterocycles. The predicted molar refractivity (Wildman–Crippen MR) is 132 cm³/mol. The molecule has 0 aromatic carbocycles. The average Bonchev–Trinajstić information content (AvgIpc) is 3.05. The molecule has 0 unspecified atom stereocenters. The maximum atomic E-state index is 14.1. The number of nitrogens with zero attached hydrogens (tertiary/aromatic N) is 5. The maximum Gasteiger partial charge on any atom is 0.276 e. The largest absolute Gasteiger partial charge is 0.479 e. The summed E-state index contributed by atoms with van der Waals surface area (Å²) in [6, 6.07) is 0. The summed E-state index contributed by atoms with van der Waals surface area (Å²) in [4.78, 5) is 10.2. The molecule has 0 spiro atoms. The second-order valence-corrected chi connectivity index (χ2v) is 7.91. The normalized spacial score (nSPS) is 23.9. The SMILES string of the molecule is C=N/C1=C\C(=C)C/C=C/C(=C(/N)OCC)C(=NC)CN(C)C[C@H](C(F)F)Oc2c1c(C)nn2C. The Balaban J connectivity index is 2.64. The Hall–Kier alpha value is -3.27. The van der Waals surface area contributed by atoms with Crippen molar-refractivity contribution < 1.29 is 18.3 Å². The van der Waals surface area contributed by atoms with Gasteiger partial charge in [0.1, 0.15) is 0 Å². The minimum atomic E-state index is -2.74. The topological polar surface area (TPSA) is 90.3 Å². The van der Waals surface area contributed by atoms with Crippen LogP contribution in [0.2, 0.25) is 0 Å². The maximum absolute atomic E-state index is 14.1. The molecule has 186 valence electrons. The number of hydrogen-bond donors (Lipinski definition) is 1. The van der Waals surface area contributed by atoms with E-state index < -0.39 is 12.5 Å². The van der Waals surface area contributed by atoms with Crippen molar-refractivity contribution in [3.8, 4) is 5.88 Å². The first-order valence-corrected chi connectivity index (χ1v) is 10.9. The molecule has 8 nitrogen and oxygen atoms in total. The molecule has 0 saturated carbocycles. The molecule has 1 atom stereocenters. The minimum Gasteiger partial charge on any atom is -0.479 e. The molecule has 2 rings (SSSR count). The molecule has 2 heterocycles. The van der Waals surface area contributed by atoms with Gasteiger partial charge in [0.15, 0.2) is 12.0 Å². The summed E-state index contributed by atoms with van der Waals surface area (Å²) >= 11 is 0. The van der Waals surface area contributed by atoms with Crippen LogP contribution in [0, 0.1) is 6.92 Å². The van der Waals surface area contributed by atoms with Crippen molar-refractivity contribution in [1.29, 1.82) is 0 Å². The molecule has 0 bridgehead atoms. The first-order chi connectivity index (χ1) is 16.1. The van der Waals surface area contributed by atoms with Crippen LogP contribution >= 0.6 is 0 Å². The second-order valence-electron chi connectivity index (χ2n) is 7.91. The molecule has 0 aliphatic carbocycles. The number of halogens is 2. The summed E-state index contributed by atoms with van der Waals surface area (Å²) in [6.07, 6.45) is 1.74. The molecule has 1 aromatic heterocycles. The van der Waals surface area contributed by atoms with E-state index in [1.807, 2.05) is 19.1 Å². The van der Waals surface area contributed by atoms with Gasteiger partial charge in [0.05, 0.1) is 34.8 Å². The summed E-state index contributed by atoms with van der Waals surface area (Å²) in [5.41, 5.74) is 9.58. The van der Waals surface area contributed by atoms with Crippen LogP contribution in [0.25, 0.3) is 5.70 Å². The molecule has 34 heavy (non-hydrogen) atoms. The quantitative estimate of drug-likeness (QED) is 0.531. The second kappa shape index (κ2) is 12.3. The van der Waals surface area contributed by atoms with Crippen LogP contribution in [0.15, 0.2) is 51.8 Å². The zero-order chi connectivity index (χ0) is 25.4. The summed E-state index contributed by atoms with van der Waals surface area (Å²) in [6.45, 7) is 11.9. The van der Waals surface area contributed by atoms with E-state index in [9.17, 15) is 8.78 Å². The lowest BCUT2D eigenvalue weighted by Crippen LogP contribution is -2.41. The highest BCUT2D eigenvalue weighted by Gasteiger charge is 2.29. The van der Waals surface area contributed by atoms with E-state index in [4.69, 9.17) is 15.2 Å². The molecule has 1 aliphatic rings. The van der Waals surface area contributed by atoms with Crippen LogP contribution in [0.1, 0.15) is 24.6 Å². The minimum absolute atomic E-state index is 0.0703. The third kappa shape index (κ3) is 6.63. The van der Waals surface area contributed by atoms with Crippen molar-refractivity contribution in [1.82, 2.24) is 14.7 Å². The van der Waals surface area contributed by atoms with E-state index in [-0.39, 0.29) is 24.9 Å². The third-order valence-electron chi connectivity index (χ3n) is 5.20. The standard InChI is InChI=1S/C24H34F2N6O2/c1-8-33-23(27)17-11-9-10-15(2)12-18(28-4)21-16(3)30-32(7)24(21)34-20(22(25)26)14-31(6)13-19(17)29-5/h9,11-12,20,22H,2,4,8,10,13-14,27H2,1,3,5-7H3/b11-9+,18-12-,23-17+,29-19?/t20-/m1/s1. The van der Waals surface area contributed by atoms with E-state index in [0.717, 1.165) is 5.57 Å². The number of aromatic nitrogens is 2. The number of alkyl halides is 2. The van der Waals surface area contributed by atoms with E-state index in [2.05, 4.69) is 28.4 Å². The van der Waals surface area contributed by atoms with Crippen molar-refractivity contribution in [2.45, 2.75) is 32.8 Å². The number of aryl methyl sites for hydroxylation is 2. The number of ether oxygens (including phenoxy) is 2. The zero-order valence-electron chi connectivity index (χ0n) is 20.5. The van der Waals surface area contributed by atoms with Gasteiger partial charge in [-0.3, -0.25) is 14.9 Å². The summed E-state index contributed by atoms with van der Waals surface area (Å²) in [5.74, 6) is 0.404. The van der Waals surface area contributed by atoms with Crippen molar-refractivity contribution >= 4 is 18.1 Å². The molecule has 1 aromatic rings. The molecular formula is C24H34F2N6O2. The first kappa shape index (κ1) is 27.0. The van der Waals surface area contributed by atoms with Crippen molar-refractivity contribution in [2.75, 3.05) is 33.8 Å². The fourth-order valence-electron chi connectivity index (χ4n) is 3.61. The molecule has 0 saturated heterocycles. The molecule has 0 amide bonds. The van der Waals surface area contributed by atoms with Crippen LogP contribution < -0.4 is 10.5 Å². The Bertz CT molecular complexity index is 1020. The number of nitrogens with two attached hydrogens (primary N) is 1. The van der Waals surface area contributed by atoms with Crippen LogP contribution in [-0.4, -0.2) is 73.4 Å². The summed E-state index contributed by atoms with van der Waals surface area (Å²) in [7, 11) is 4.98. The van der Waals surface area contributed by atoms with Crippen molar-refractivity contribution in [3.05, 3.63) is 53.1 Å². The van der Waals surface area contributed by atoms with Gasteiger partial charge < -0.3 is 15.2 Å². The van der Waals surface area contributed by atoms with Crippen LogP contribution in [0.3, 0.4) is 0 Å².